The molecule has 0 aromatic heterocycles. The molecule has 0 fully saturated rings. The van der Waals surface area contributed by atoms with Crippen molar-refractivity contribution in [3.8, 4) is 11.5 Å². The van der Waals surface area contributed by atoms with Gasteiger partial charge in [-0.2, -0.15) is 0 Å². The van der Waals surface area contributed by atoms with Crippen molar-refractivity contribution in [3.63, 3.8) is 0 Å². The molecule has 2 rings (SSSR count). The van der Waals surface area contributed by atoms with Crippen LogP contribution in [0.2, 0.25) is 0 Å². The molecular formula is C12H19N3O2. The maximum absolute atomic E-state index is 5.57. The third kappa shape index (κ3) is 3.09. The molecule has 0 bridgehead atoms. The third-order valence-electron chi connectivity index (χ3n) is 2.80. The first-order chi connectivity index (χ1) is 8.31. The van der Waals surface area contributed by atoms with Gasteiger partial charge in [0.15, 0.2) is 11.5 Å². The highest BCUT2D eigenvalue weighted by Crippen LogP contribution is 2.32. The van der Waals surface area contributed by atoms with E-state index in [-0.39, 0.29) is 0 Å². The first kappa shape index (κ1) is 12.2. The Balaban J connectivity index is 2.01. The van der Waals surface area contributed by atoms with Crippen LogP contribution in [-0.4, -0.2) is 26.4 Å². The van der Waals surface area contributed by atoms with Crippen LogP contribution in [0.25, 0.3) is 0 Å². The van der Waals surface area contributed by atoms with Gasteiger partial charge in [0.2, 0.25) is 0 Å². The summed E-state index contributed by atoms with van der Waals surface area (Å²) in [6.07, 6.45) is 0.949. The molecule has 0 amide bonds. The first-order valence-corrected chi connectivity index (χ1v) is 5.84. The lowest BCUT2D eigenvalue weighted by molar-refractivity contribution is 0.171. The maximum atomic E-state index is 5.57. The molecule has 0 atom stereocenters. The second-order valence-corrected chi connectivity index (χ2v) is 4.05. The summed E-state index contributed by atoms with van der Waals surface area (Å²) in [5.74, 6) is 6.89. The lowest BCUT2D eigenvalue weighted by Crippen LogP contribution is -2.34. The average Bonchev–Trinajstić information content (AvgIpc) is 2.35. The molecule has 5 heteroatoms. The number of nitrogens with two attached hydrogens (primary N) is 1. The minimum absolute atomic E-state index is 0.615. The van der Waals surface area contributed by atoms with Crippen molar-refractivity contribution in [2.45, 2.75) is 13.3 Å². The van der Waals surface area contributed by atoms with Crippen LogP contribution in [0.1, 0.15) is 11.1 Å². The van der Waals surface area contributed by atoms with Crippen molar-refractivity contribution < 1.29 is 9.47 Å². The highest BCUT2D eigenvalue weighted by atomic mass is 16.6. The number of ether oxygens (including phenoxy) is 2. The van der Waals surface area contributed by atoms with Gasteiger partial charge < -0.3 is 14.8 Å². The van der Waals surface area contributed by atoms with Crippen LogP contribution in [-0.2, 0) is 6.42 Å². The zero-order chi connectivity index (χ0) is 12.1. The van der Waals surface area contributed by atoms with Crippen LogP contribution >= 0.6 is 0 Å². The van der Waals surface area contributed by atoms with Gasteiger partial charge in [-0.05, 0) is 36.6 Å². The van der Waals surface area contributed by atoms with Gasteiger partial charge >= 0.3 is 0 Å². The Morgan fingerprint density at radius 2 is 1.94 bits per heavy atom. The normalized spacial score (nSPS) is 13.8. The number of fused-ring (bicyclic) bond motifs is 1. The SMILES string of the molecule is Cc1cc2c(cc1CCNCNN)OCCO2. The van der Waals surface area contributed by atoms with E-state index in [2.05, 4.69) is 23.7 Å². The summed E-state index contributed by atoms with van der Waals surface area (Å²) in [5, 5.41) is 3.18. The first-order valence-electron chi connectivity index (χ1n) is 5.84. The van der Waals surface area contributed by atoms with E-state index >= 15 is 0 Å². The molecule has 0 aliphatic carbocycles. The van der Waals surface area contributed by atoms with Gasteiger partial charge in [0.1, 0.15) is 13.2 Å². The van der Waals surface area contributed by atoms with E-state index in [9.17, 15) is 0 Å². The van der Waals surface area contributed by atoms with E-state index in [0.29, 0.717) is 19.9 Å². The second kappa shape index (κ2) is 5.86. The molecular weight excluding hydrogens is 218 g/mol. The Labute approximate surface area is 101 Å². The Hall–Kier alpha value is -1.30. The van der Waals surface area contributed by atoms with Crippen LogP contribution in [0.15, 0.2) is 12.1 Å². The minimum atomic E-state index is 0.615. The molecule has 1 aliphatic heterocycles. The number of hydrogen-bond donors (Lipinski definition) is 3. The Bertz CT molecular complexity index is 382. The van der Waals surface area contributed by atoms with Gasteiger partial charge in [0.25, 0.3) is 0 Å². The molecule has 1 aromatic rings. The number of rotatable bonds is 5. The van der Waals surface area contributed by atoms with Gasteiger partial charge in [0, 0.05) is 6.54 Å². The van der Waals surface area contributed by atoms with Crippen molar-refractivity contribution in [1.29, 1.82) is 0 Å². The smallest absolute Gasteiger partial charge is 0.161 e. The molecule has 4 N–H and O–H groups in total. The Morgan fingerprint density at radius 1 is 1.24 bits per heavy atom. The van der Waals surface area contributed by atoms with Gasteiger partial charge in [-0.15, -0.1) is 0 Å². The second-order valence-electron chi connectivity index (χ2n) is 4.05. The standard InChI is InChI=1S/C12H19N3O2/c1-9-6-11-12(17-5-4-16-11)7-10(9)2-3-14-8-15-13/h6-7,14-15H,2-5,8,13H2,1H3. The summed E-state index contributed by atoms with van der Waals surface area (Å²) in [7, 11) is 0. The highest BCUT2D eigenvalue weighted by Gasteiger charge is 2.13. The monoisotopic (exact) mass is 237 g/mol. The third-order valence-corrected chi connectivity index (χ3v) is 2.80. The topological polar surface area (TPSA) is 68.5 Å². The van der Waals surface area contributed by atoms with E-state index < -0.39 is 0 Å². The summed E-state index contributed by atoms with van der Waals surface area (Å²) in [5.41, 5.74) is 5.07. The number of benzene rings is 1. The largest absolute Gasteiger partial charge is 0.486 e. The van der Waals surface area contributed by atoms with Crippen LogP contribution in [0.5, 0.6) is 11.5 Å². The van der Waals surface area contributed by atoms with E-state index in [0.717, 1.165) is 24.5 Å². The van der Waals surface area contributed by atoms with E-state index in [1.54, 1.807) is 0 Å². The molecule has 1 aromatic carbocycles. The van der Waals surface area contributed by atoms with Crippen molar-refractivity contribution in [1.82, 2.24) is 10.7 Å². The van der Waals surface area contributed by atoms with Gasteiger partial charge in [-0.3, -0.25) is 5.84 Å². The van der Waals surface area contributed by atoms with Crippen LogP contribution in [0.4, 0.5) is 0 Å². The lowest BCUT2D eigenvalue weighted by Gasteiger charge is -2.20. The summed E-state index contributed by atoms with van der Waals surface area (Å²) in [6, 6.07) is 4.12. The fourth-order valence-corrected chi connectivity index (χ4v) is 1.89. The molecule has 0 saturated carbocycles. The molecule has 94 valence electrons. The predicted molar refractivity (Wildman–Crippen MR) is 66.1 cm³/mol. The fraction of sp³-hybridized carbons (Fsp3) is 0.500. The fourth-order valence-electron chi connectivity index (χ4n) is 1.89. The quantitative estimate of drug-likeness (QED) is 0.298. The zero-order valence-corrected chi connectivity index (χ0v) is 10.1. The minimum Gasteiger partial charge on any atom is -0.486 e. The van der Waals surface area contributed by atoms with Crippen LogP contribution in [0, 0.1) is 6.92 Å². The van der Waals surface area contributed by atoms with E-state index in [1.165, 1.54) is 11.1 Å². The number of aryl methyl sites for hydroxylation is 1. The van der Waals surface area contributed by atoms with Gasteiger partial charge in [-0.25, -0.2) is 5.43 Å². The molecule has 0 spiro atoms. The van der Waals surface area contributed by atoms with Crippen LogP contribution in [0.3, 0.4) is 0 Å². The lowest BCUT2D eigenvalue weighted by atomic mass is 10.0. The zero-order valence-electron chi connectivity index (χ0n) is 10.1. The molecule has 1 aliphatic rings. The van der Waals surface area contributed by atoms with E-state index in [4.69, 9.17) is 15.3 Å². The van der Waals surface area contributed by atoms with Crippen molar-refractivity contribution in [2.75, 3.05) is 26.4 Å². The average molecular weight is 237 g/mol. The number of nitrogens with one attached hydrogen (secondary N) is 2. The van der Waals surface area contributed by atoms with Crippen molar-refractivity contribution in [2.24, 2.45) is 5.84 Å². The van der Waals surface area contributed by atoms with Crippen molar-refractivity contribution in [3.05, 3.63) is 23.3 Å². The number of hydrazine groups is 1. The maximum Gasteiger partial charge on any atom is 0.161 e. The van der Waals surface area contributed by atoms with E-state index in [1.807, 2.05) is 6.07 Å². The molecule has 0 unspecified atom stereocenters. The molecule has 17 heavy (non-hydrogen) atoms. The molecule has 5 nitrogen and oxygen atoms in total. The summed E-state index contributed by atoms with van der Waals surface area (Å²) < 4.78 is 11.1. The number of hydrogen-bond acceptors (Lipinski definition) is 5. The van der Waals surface area contributed by atoms with Crippen molar-refractivity contribution >= 4 is 0 Å². The van der Waals surface area contributed by atoms with Gasteiger partial charge in [0.05, 0.1) is 6.67 Å². The molecule has 0 saturated heterocycles. The highest BCUT2D eigenvalue weighted by molar-refractivity contribution is 5.47. The Kier molecular flexibility index (Phi) is 4.19. The Morgan fingerprint density at radius 3 is 2.65 bits per heavy atom. The molecule has 0 radical (unpaired) electrons. The summed E-state index contributed by atoms with van der Waals surface area (Å²) in [4.78, 5) is 0. The summed E-state index contributed by atoms with van der Waals surface area (Å²) in [6.45, 7) is 4.85. The van der Waals surface area contributed by atoms with Crippen LogP contribution < -0.4 is 26.1 Å². The molecule has 1 heterocycles. The van der Waals surface area contributed by atoms with Gasteiger partial charge in [-0.1, -0.05) is 0 Å². The summed E-state index contributed by atoms with van der Waals surface area (Å²) >= 11 is 0. The predicted octanol–water partition coefficient (Wildman–Crippen LogP) is 0.319.